The topological polar surface area (TPSA) is 234 Å². The predicted octanol–water partition coefficient (Wildman–Crippen LogP) is 7.26. The van der Waals surface area contributed by atoms with E-state index >= 15 is 0 Å². The van der Waals surface area contributed by atoms with E-state index in [0.717, 1.165) is 58.5 Å². The molecule has 18 heteroatoms. The number of fused-ring (bicyclic) bond motifs is 1. The Labute approximate surface area is 435 Å². The molecule has 7 amide bonds. The molecule has 5 aromatic rings. The summed E-state index contributed by atoms with van der Waals surface area (Å²) in [6.45, 7) is 8.13. The first kappa shape index (κ1) is 53.1. The highest BCUT2D eigenvalue weighted by Gasteiger charge is 2.46. The maximum Gasteiger partial charge on any atom is 0.322 e. The largest absolute Gasteiger partial charge is 0.483 e. The number of hydrogen-bond donors (Lipinski definition) is 4. The summed E-state index contributed by atoms with van der Waals surface area (Å²) in [6, 6.07) is 28.1. The first-order valence-corrected chi connectivity index (χ1v) is 25.5. The third-order valence-corrected chi connectivity index (χ3v) is 14.9. The van der Waals surface area contributed by atoms with Crippen LogP contribution < -0.4 is 36.5 Å². The van der Waals surface area contributed by atoms with Crippen molar-refractivity contribution in [1.82, 2.24) is 30.4 Å². The molecule has 1 saturated carbocycles. The van der Waals surface area contributed by atoms with Gasteiger partial charge in [0.2, 0.25) is 17.4 Å². The van der Waals surface area contributed by atoms with Crippen LogP contribution in [0.15, 0.2) is 108 Å². The molecule has 3 atom stereocenters. The highest BCUT2D eigenvalue weighted by Crippen LogP contribution is 2.35. The van der Waals surface area contributed by atoms with E-state index in [2.05, 4.69) is 32.3 Å². The lowest BCUT2D eigenvalue weighted by Crippen LogP contribution is -2.54. The van der Waals surface area contributed by atoms with Gasteiger partial charge < -0.3 is 30.0 Å². The molecule has 1 saturated heterocycles. The Hall–Kier alpha value is -8.17. The molecule has 0 spiro atoms. The van der Waals surface area contributed by atoms with Crippen molar-refractivity contribution in [2.75, 3.05) is 23.4 Å². The zero-order valence-electron chi connectivity index (χ0n) is 42.9. The predicted molar refractivity (Wildman–Crippen MR) is 281 cm³/mol. The van der Waals surface area contributed by atoms with Gasteiger partial charge in [-0.2, -0.15) is 5.26 Å². The number of ether oxygens (including phenoxy) is 2. The first-order chi connectivity index (χ1) is 36.0. The van der Waals surface area contributed by atoms with Crippen molar-refractivity contribution in [3.63, 3.8) is 0 Å². The number of hydrogen-bond acceptors (Lipinski definition) is 12. The number of benzene rings is 3. The van der Waals surface area contributed by atoms with Gasteiger partial charge in [-0.1, -0.05) is 56.3 Å². The Balaban J connectivity index is 0.858. The minimum atomic E-state index is -1.13. The van der Waals surface area contributed by atoms with Crippen molar-refractivity contribution < 1.29 is 38.2 Å². The summed E-state index contributed by atoms with van der Waals surface area (Å²) in [4.78, 5) is 97.9. The standard InChI is InChI=1S/C57H63N9O9/c1-6-56(3,63-49(68)35-74-46-10-8-9-44-51(46)54(72)66(53(44)71)45-25-27-48(67)62-52(45)70)29-30-75-57(4,7-2)40-17-11-36(12-18-40)32-60-55(73)65(42-21-14-38(15-22-42)39-16-28-50(69)64(5)34-39)43-23-19-41(20-24-43)61-47-26-13-37(31-58)33-59-47/h8-18,21-22,26,28,33-34,41,43,45H,6-7,19-20,23-25,27,29-30,32,35H2,1-5H3,(H,59,61)(H,60,73)(H,63,68)(H,62,67,70)/t41-,43-,45?,56?,57?. The molecule has 4 N–H and O–H groups in total. The van der Waals surface area contributed by atoms with E-state index in [9.17, 15) is 38.8 Å². The average molecular weight is 1020 g/mol. The van der Waals surface area contributed by atoms with Crippen molar-refractivity contribution in [2.45, 2.75) is 121 Å². The molecular formula is C57H63N9O9. The zero-order valence-corrected chi connectivity index (χ0v) is 42.9. The first-order valence-electron chi connectivity index (χ1n) is 25.5. The van der Waals surface area contributed by atoms with Crippen LogP contribution in [0.2, 0.25) is 0 Å². The molecular weight excluding hydrogens is 955 g/mol. The van der Waals surface area contributed by atoms with E-state index in [0.29, 0.717) is 37.3 Å². The van der Waals surface area contributed by atoms with Crippen LogP contribution in [0, 0.1) is 11.3 Å². The molecule has 8 rings (SSSR count). The number of rotatable bonds is 19. The minimum absolute atomic E-state index is 0.00568. The van der Waals surface area contributed by atoms with Crippen molar-refractivity contribution in [2.24, 2.45) is 7.05 Å². The van der Waals surface area contributed by atoms with Gasteiger partial charge >= 0.3 is 6.03 Å². The minimum Gasteiger partial charge on any atom is -0.483 e. The van der Waals surface area contributed by atoms with Gasteiger partial charge in [0.15, 0.2) is 6.61 Å². The molecule has 2 aromatic heterocycles. The van der Waals surface area contributed by atoms with Gasteiger partial charge in [0.1, 0.15) is 23.7 Å². The van der Waals surface area contributed by atoms with Crippen molar-refractivity contribution in [1.29, 1.82) is 5.26 Å². The van der Waals surface area contributed by atoms with Gasteiger partial charge in [-0.3, -0.25) is 43.9 Å². The highest BCUT2D eigenvalue weighted by molar-refractivity contribution is 6.24. The second-order valence-corrected chi connectivity index (χ2v) is 19.9. The summed E-state index contributed by atoms with van der Waals surface area (Å²) >= 11 is 0. The number of aromatic nitrogens is 2. The smallest absolute Gasteiger partial charge is 0.322 e. The Morgan fingerprint density at radius 2 is 1.60 bits per heavy atom. The van der Waals surface area contributed by atoms with Crippen LogP contribution in [-0.2, 0) is 38.3 Å². The fourth-order valence-electron chi connectivity index (χ4n) is 9.88. The number of carbonyl (C=O) groups excluding carboxylic acids is 6. The quantitative estimate of drug-likeness (QED) is 0.0599. The van der Waals surface area contributed by atoms with Gasteiger partial charge in [0.05, 0.1) is 22.3 Å². The second-order valence-electron chi connectivity index (χ2n) is 19.9. The lowest BCUT2D eigenvalue weighted by molar-refractivity contribution is -0.136. The molecule has 75 heavy (non-hydrogen) atoms. The van der Waals surface area contributed by atoms with Gasteiger partial charge in [-0.05, 0) is 130 Å². The molecule has 0 radical (unpaired) electrons. The van der Waals surface area contributed by atoms with Crippen LogP contribution in [0.5, 0.6) is 5.75 Å². The number of aryl methyl sites for hydroxylation is 1. The number of anilines is 2. The molecule has 390 valence electrons. The van der Waals surface area contributed by atoms with E-state index in [1.807, 2.05) is 87.2 Å². The molecule has 2 aliphatic heterocycles. The fourth-order valence-corrected chi connectivity index (χ4v) is 9.88. The maximum absolute atomic E-state index is 14.3. The van der Waals surface area contributed by atoms with E-state index in [-0.39, 0.29) is 59.9 Å². The lowest BCUT2D eigenvalue weighted by atomic mass is 9.89. The normalized spacial score (nSPS) is 18.9. The lowest BCUT2D eigenvalue weighted by Gasteiger charge is -2.37. The number of piperidine rings is 1. The fraction of sp³-hybridized carbons (Fsp3) is 0.386. The van der Waals surface area contributed by atoms with E-state index < -0.39 is 53.3 Å². The summed E-state index contributed by atoms with van der Waals surface area (Å²) in [6.07, 6.45) is 8.22. The van der Waals surface area contributed by atoms with Gasteiger partial charge in [-0.15, -0.1) is 0 Å². The van der Waals surface area contributed by atoms with Crippen LogP contribution in [-0.4, -0.2) is 86.9 Å². The number of amides is 7. The van der Waals surface area contributed by atoms with E-state index in [1.165, 1.54) is 28.8 Å². The number of nitrogens with one attached hydrogen (secondary N) is 4. The molecule has 18 nitrogen and oxygen atoms in total. The molecule has 3 aliphatic rings. The SMILES string of the molecule is CCC(C)(CCOC(C)(CC)c1ccc(CNC(=O)N(c2ccc(-c3ccc(=O)n(C)c3)cc2)[C@H]2CC[C@H](Nc3ccc(C#N)cn3)CC2)cc1)NC(=O)COc1cccc2c1C(=O)N(C1CCC(=O)NC1=O)C2=O. The average Bonchev–Trinajstić information content (AvgIpc) is 3.67. The highest BCUT2D eigenvalue weighted by atomic mass is 16.5. The monoisotopic (exact) mass is 1020 g/mol. The number of nitriles is 1. The van der Waals surface area contributed by atoms with Crippen LogP contribution >= 0.6 is 0 Å². The Bertz CT molecular complexity index is 3050. The van der Waals surface area contributed by atoms with E-state index in [4.69, 9.17) is 9.47 Å². The van der Waals surface area contributed by atoms with Crippen LogP contribution in [0.1, 0.15) is 123 Å². The van der Waals surface area contributed by atoms with Crippen LogP contribution in [0.4, 0.5) is 16.3 Å². The molecule has 4 heterocycles. The van der Waals surface area contributed by atoms with Gasteiger partial charge in [0, 0.05) is 68.4 Å². The van der Waals surface area contributed by atoms with E-state index in [1.54, 1.807) is 31.6 Å². The summed E-state index contributed by atoms with van der Waals surface area (Å²) in [5, 5.41) is 21.1. The number of imide groups is 2. The molecule has 0 bridgehead atoms. The third kappa shape index (κ3) is 12.1. The molecule has 3 aromatic carbocycles. The Morgan fingerprint density at radius 3 is 2.25 bits per heavy atom. The van der Waals surface area contributed by atoms with Crippen LogP contribution in [0.3, 0.4) is 0 Å². The summed E-state index contributed by atoms with van der Waals surface area (Å²) in [7, 11) is 1.72. The van der Waals surface area contributed by atoms with Crippen molar-refractivity contribution in [3.8, 4) is 22.9 Å². The van der Waals surface area contributed by atoms with Gasteiger partial charge in [0.25, 0.3) is 17.7 Å². The number of nitrogens with zero attached hydrogens (tertiary/aromatic N) is 5. The Morgan fingerprint density at radius 1 is 0.867 bits per heavy atom. The Kier molecular flexibility index (Phi) is 16.2. The van der Waals surface area contributed by atoms with Crippen molar-refractivity contribution in [3.05, 3.63) is 142 Å². The van der Waals surface area contributed by atoms with Crippen LogP contribution in [0.25, 0.3) is 11.1 Å². The molecule has 2 fully saturated rings. The van der Waals surface area contributed by atoms with Crippen molar-refractivity contribution >= 4 is 47.1 Å². The third-order valence-electron chi connectivity index (χ3n) is 14.9. The number of carbonyl (C=O) groups is 6. The molecule has 3 unspecified atom stereocenters. The maximum atomic E-state index is 14.3. The zero-order chi connectivity index (χ0) is 53.4. The number of pyridine rings is 2. The summed E-state index contributed by atoms with van der Waals surface area (Å²) < 4.78 is 14.0. The van der Waals surface area contributed by atoms with Gasteiger partial charge in [-0.25, -0.2) is 9.78 Å². The molecule has 1 aliphatic carbocycles. The summed E-state index contributed by atoms with van der Waals surface area (Å²) in [5.74, 6) is -2.27. The summed E-state index contributed by atoms with van der Waals surface area (Å²) in [5.41, 5.74) is 3.52. The second kappa shape index (κ2) is 22.9. The number of urea groups is 1.